The van der Waals surface area contributed by atoms with Crippen LogP contribution in [0.5, 0.6) is 0 Å². The van der Waals surface area contributed by atoms with Gasteiger partial charge < -0.3 is 15.3 Å². The van der Waals surface area contributed by atoms with E-state index in [0.29, 0.717) is 24.1 Å². The van der Waals surface area contributed by atoms with Crippen LogP contribution in [-0.2, 0) is 4.79 Å². The van der Waals surface area contributed by atoms with Gasteiger partial charge in [0.2, 0.25) is 0 Å². The van der Waals surface area contributed by atoms with Crippen LogP contribution in [0.3, 0.4) is 0 Å². The minimum atomic E-state index is -0.916. The van der Waals surface area contributed by atoms with Crippen LogP contribution in [0.1, 0.15) is 19.8 Å². The van der Waals surface area contributed by atoms with E-state index < -0.39 is 12.0 Å². The van der Waals surface area contributed by atoms with Gasteiger partial charge in [-0.3, -0.25) is 0 Å². The van der Waals surface area contributed by atoms with Crippen molar-refractivity contribution in [1.29, 1.82) is 0 Å². The van der Waals surface area contributed by atoms with Crippen LogP contribution in [-0.4, -0.2) is 46.2 Å². The highest BCUT2D eigenvalue weighted by molar-refractivity contribution is 7.99. The van der Waals surface area contributed by atoms with Gasteiger partial charge in [0.1, 0.15) is 6.04 Å². The van der Waals surface area contributed by atoms with Gasteiger partial charge in [-0.25, -0.2) is 9.59 Å². The first-order valence-electron chi connectivity index (χ1n) is 5.94. The molecule has 2 unspecified atom stereocenters. The quantitative estimate of drug-likeness (QED) is 0.795. The largest absolute Gasteiger partial charge is 0.480 e. The van der Waals surface area contributed by atoms with E-state index in [9.17, 15) is 9.59 Å². The van der Waals surface area contributed by atoms with Gasteiger partial charge in [-0.05, 0) is 24.7 Å². The Hall–Kier alpha value is -0.910. The van der Waals surface area contributed by atoms with E-state index in [1.165, 1.54) is 29.5 Å². The fourth-order valence-electron chi connectivity index (χ4n) is 2.03. The smallest absolute Gasteiger partial charge is 0.327 e. The molecule has 17 heavy (non-hydrogen) atoms. The zero-order valence-corrected chi connectivity index (χ0v) is 10.7. The molecule has 96 valence electrons. The SMILES string of the molecule is CC(CNC(=O)N1CSCC1C(=O)O)C1CC1. The summed E-state index contributed by atoms with van der Waals surface area (Å²) in [5, 5.41) is 11.8. The number of hydrogen-bond acceptors (Lipinski definition) is 3. The highest BCUT2D eigenvalue weighted by Gasteiger charge is 2.35. The molecule has 2 N–H and O–H groups in total. The van der Waals surface area contributed by atoms with Crippen molar-refractivity contribution in [3.05, 3.63) is 0 Å². The molecule has 0 aromatic rings. The summed E-state index contributed by atoms with van der Waals surface area (Å²) < 4.78 is 0. The Morgan fingerprint density at radius 3 is 2.82 bits per heavy atom. The summed E-state index contributed by atoms with van der Waals surface area (Å²) in [6, 6.07) is -0.911. The molecule has 1 aliphatic carbocycles. The van der Waals surface area contributed by atoms with Crippen molar-refractivity contribution >= 4 is 23.8 Å². The number of nitrogens with one attached hydrogen (secondary N) is 1. The highest BCUT2D eigenvalue weighted by atomic mass is 32.2. The molecule has 1 saturated heterocycles. The van der Waals surface area contributed by atoms with Crippen LogP contribution in [0.15, 0.2) is 0 Å². The molecule has 0 bridgehead atoms. The third-order valence-corrected chi connectivity index (χ3v) is 4.44. The van der Waals surface area contributed by atoms with E-state index in [1.54, 1.807) is 0 Å². The van der Waals surface area contributed by atoms with Crippen LogP contribution in [0.4, 0.5) is 4.79 Å². The normalized spacial score (nSPS) is 25.7. The molecule has 5 nitrogen and oxygen atoms in total. The first-order chi connectivity index (χ1) is 8.09. The Morgan fingerprint density at radius 2 is 2.24 bits per heavy atom. The maximum Gasteiger partial charge on any atom is 0.327 e. The monoisotopic (exact) mass is 258 g/mol. The van der Waals surface area contributed by atoms with E-state index in [1.807, 2.05) is 0 Å². The molecule has 6 heteroatoms. The number of carboxylic acid groups (broad SMARTS) is 1. The van der Waals surface area contributed by atoms with Gasteiger partial charge in [0.25, 0.3) is 0 Å². The van der Waals surface area contributed by atoms with Gasteiger partial charge in [-0.15, -0.1) is 11.8 Å². The summed E-state index contributed by atoms with van der Waals surface area (Å²) in [4.78, 5) is 24.2. The lowest BCUT2D eigenvalue weighted by atomic mass is 10.1. The predicted molar refractivity (Wildman–Crippen MR) is 65.9 cm³/mol. The number of carbonyl (C=O) groups is 2. The van der Waals surface area contributed by atoms with Crippen LogP contribution < -0.4 is 5.32 Å². The highest BCUT2D eigenvalue weighted by Crippen LogP contribution is 2.36. The Kier molecular flexibility index (Phi) is 3.81. The van der Waals surface area contributed by atoms with Crippen LogP contribution >= 0.6 is 11.8 Å². The number of rotatable bonds is 4. The van der Waals surface area contributed by atoms with Gasteiger partial charge in [-0.2, -0.15) is 0 Å². The number of nitrogens with zero attached hydrogens (tertiary/aromatic N) is 1. The second-order valence-corrected chi connectivity index (χ2v) is 5.82. The van der Waals surface area contributed by atoms with Crippen molar-refractivity contribution in [2.24, 2.45) is 11.8 Å². The van der Waals surface area contributed by atoms with Crippen molar-refractivity contribution in [1.82, 2.24) is 10.2 Å². The molecular formula is C11H18N2O3S. The minimum Gasteiger partial charge on any atom is -0.480 e. The third-order valence-electron chi connectivity index (χ3n) is 3.43. The lowest BCUT2D eigenvalue weighted by Gasteiger charge is -2.22. The molecule has 0 aromatic carbocycles. The lowest BCUT2D eigenvalue weighted by Crippen LogP contribution is -2.47. The summed E-state index contributed by atoms with van der Waals surface area (Å²) >= 11 is 1.48. The number of amides is 2. The summed E-state index contributed by atoms with van der Waals surface area (Å²) in [5.41, 5.74) is 0. The van der Waals surface area contributed by atoms with E-state index in [-0.39, 0.29) is 6.03 Å². The first kappa shape index (κ1) is 12.5. The number of urea groups is 1. The topological polar surface area (TPSA) is 69.6 Å². The molecule has 2 aliphatic rings. The molecule has 1 saturated carbocycles. The molecule has 2 atom stereocenters. The Balaban J connectivity index is 1.80. The van der Waals surface area contributed by atoms with Crippen molar-refractivity contribution in [2.75, 3.05) is 18.2 Å². The van der Waals surface area contributed by atoms with Gasteiger partial charge in [0.15, 0.2) is 0 Å². The standard InChI is InChI=1S/C11H18N2O3S/c1-7(8-2-3-8)4-12-11(16)13-6-17-5-9(13)10(14)15/h7-9H,2-6H2,1H3,(H,12,16)(H,14,15). The maximum absolute atomic E-state index is 11.8. The number of aliphatic carboxylic acids is 1. The average Bonchev–Trinajstić information content (AvgIpc) is 3.02. The minimum absolute atomic E-state index is 0.241. The fraction of sp³-hybridized carbons (Fsp3) is 0.818. The Labute approximate surface area is 105 Å². The summed E-state index contributed by atoms with van der Waals surface area (Å²) in [6.07, 6.45) is 2.52. The summed E-state index contributed by atoms with van der Waals surface area (Å²) in [5.74, 6) is 1.29. The van der Waals surface area contributed by atoms with Crippen LogP contribution in [0, 0.1) is 11.8 Å². The predicted octanol–water partition coefficient (Wildman–Crippen LogP) is 1.20. The molecule has 0 spiro atoms. The van der Waals surface area contributed by atoms with Crippen molar-refractivity contribution in [3.8, 4) is 0 Å². The van der Waals surface area contributed by atoms with E-state index in [4.69, 9.17) is 5.11 Å². The zero-order valence-electron chi connectivity index (χ0n) is 9.89. The van der Waals surface area contributed by atoms with E-state index in [2.05, 4.69) is 12.2 Å². The van der Waals surface area contributed by atoms with Gasteiger partial charge in [0.05, 0.1) is 5.88 Å². The first-order valence-corrected chi connectivity index (χ1v) is 7.10. The molecular weight excluding hydrogens is 240 g/mol. The van der Waals surface area contributed by atoms with Gasteiger partial charge in [-0.1, -0.05) is 6.92 Å². The molecule has 0 radical (unpaired) electrons. The van der Waals surface area contributed by atoms with Crippen molar-refractivity contribution < 1.29 is 14.7 Å². The van der Waals surface area contributed by atoms with Crippen molar-refractivity contribution in [3.63, 3.8) is 0 Å². The zero-order chi connectivity index (χ0) is 12.4. The number of thioether (sulfide) groups is 1. The number of carbonyl (C=O) groups excluding carboxylic acids is 1. The van der Waals surface area contributed by atoms with Gasteiger partial charge >= 0.3 is 12.0 Å². The molecule has 0 aromatic heterocycles. The van der Waals surface area contributed by atoms with Crippen LogP contribution in [0.25, 0.3) is 0 Å². The molecule has 1 aliphatic heterocycles. The van der Waals surface area contributed by atoms with Gasteiger partial charge in [0, 0.05) is 12.3 Å². The Morgan fingerprint density at radius 1 is 1.53 bits per heavy atom. The Bertz CT molecular complexity index is 320. The third kappa shape index (κ3) is 3.06. The van der Waals surface area contributed by atoms with Crippen LogP contribution in [0.2, 0.25) is 0 Å². The second kappa shape index (κ2) is 5.16. The summed E-state index contributed by atoms with van der Waals surface area (Å²) in [7, 11) is 0. The molecule has 2 amide bonds. The van der Waals surface area contributed by atoms with E-state index in [0.717, 1.165) is 5.92 Å². The molecule has 1 heterocycles. The lowest BCUT2D eigenvalue weighted by molar-refractivity contribution is -0.140. The maximum atomic E-state index is 11.8. The van der Waals surface area contributed by atoms with E-state index >= 15 is 0 Å². The number of hydrogen-bond donors (Lipinski definition) is 2. The average molecular weight is 258 g/mol. The number of carboxylic acids is 1. The second-order valence-electron chi connectivity index (χ2n) is 4.82. The summed E-state index contributed by atoms with van der Waals surface area (Å²) in [6.45, 7) is 2.78. The molecule has 2 fully saturated rings. The molecule has 2 rings (SSSR count). The fourth-order valence-corrected chi connectivity index (χ4v) is 3.17. The van der Waals surface area contributed by atoms with Crippen molar-refractivity contribution in [2.45, 2.75) is 25.8 Å².